The molecule has 0 aromatic rings. The Labute approximate surface area is 81.4 Å². The van der Waals surface area contributed by atoms with Crippen LogP contribution in [0.2, 0.25) is 0 Å². The van der Waals surface area contributed by atoms with Crippen molar-refractivity contribution in [1.82, 2.24) is 10.2 Å². The van der Waals surface area contributed by atoms with E-state index in [1.54, 1.807) is 0 Å². The highest BCUT2D eigenvalue weighted by atomic mass is 16.5. The highest BCUT2D eigenvalue weighted by molar-refractivity contribution is 4.89. The molecule has 2 aliphatic rings. The third-order valence-electron chi connectivity index (χ3n) is 2.82. The molecule has 2 heterocycles. The van der Waals surface area contributed by atoms with Crippen molar-refractivity contribution in [3.8, 4) is 0 Å². The van der Waals surface area contributed by atoms with Crippen LogP contribution in [0.15, 0.2) is 0 Å². The minimum Gasteiger partial charge on any atom is -0.358 e. The summed E-state index contributed by atoms with van der Waals surface area (Å²) in [6.07, 6.45) is 2.43. The number of hydrogen-bond acceptors (Lipinski definition) is 3. The molecule has 1 spiro atoms. The number of likely N-dealkylation sites (N-methyl/N-ethyl adjacent to an activating group) is 1. The Kier molecular flexibility index (Phi) is 4.16. The van der Waals surface area contributed by atoms with Gasteiger partial charge in [-0.15, -0.1) is 0 Å². The molecule has 1 atom stereocenters. The minimum atomic E-state index is 0.0538. The van der Waals surface area contributed by atoms with Gasteiger partial charge in [0.2, 0.25) is 0 Å². The van der Waals surface area contributed by atoms with Gasteiger partial charge < -0.3 is 10.1 Å². The Hall–Kier alpha value is -0.120. The average molecular weight is 186 g/mol. The average Bonchev–Trinajstić information content (AvgIpc) is 2.53. The van der Waals surface area contributed by atoms with Crippen LogP contribution in [0.5, 0.6) is 0 Å². The van der Waals surface area contributed by atoms with E-state index in [0.717, 1.165) is 26.2 Å². The number of nitrogens with one attached hydrogen (secondary N) is 1. The van der Waals surface area contributed by atoms with Gasteiger partial charge in [0.05, 0.1) is 6.61 Å². The zero-order chi connectivity index (χ0) is 9.73. The lowest BCUT2D eigenvalue weighted by Gasteiger charge is -2.38. The molecule has 1 unspecified atom stereocenters. The molecule has 2 rings (SSSR count). The Morgan fingerprint density at radius 1 is 1.38 bits per heavy atom. The van der Waals surface area contributed by atoms with E-state index in [-0.39, 0.29) is 5.72 Å². The smallest absolute Gasteiger partial charge is 0.134 e. The van der Waals surface area contributed by atoms with Crippen LogP contribution in [0.3, 0.4) is 0 Å². The maximum absolute atomic E-state index is 5.76. The summed E-state index contributed by atoms with van der Waals surface area (Å²) in [5.41, 5.74) is 0.0538. The third-order valence-corrected chi connectivity index (χ3v) is 2.82. The van der Waals surface area contributed by atoms with Crippen molar-refractivity contribution in [2.45, 2.75) is 32.4 Å². The minimum absolute atomic E-state index is 0.0538. The molecule has 3 heteroatoms. The lowest BCUT2D eigenvalue weighted by molar-refractivity contribution is -0.0864. The molecule has 0 radical (unpaired) electrons. The summed E-state index contributed by atoms with van der Waals surface area (Å²) < 4.78 is 5.76. The van der Waals surface area contributed by atoms with Crippen molar-refractivity contribution in [3.63, 3.8) is 0 Å². The fraction of sp³-hybridized carbons (Fsp3) is 1.00. The van der Waals surface area contributed by atoms with Crippen LogP contribution in [0.25, 0.3) is 0 Å². The monoisotopic (exact) mass is 186 g/mol. The highest BCUT2D eigenvalue weighted by Gasteiger charge is 2.40. The molecular weight excluding hydrogens is 164 g/mol. The van der Waals surface area contributed by atoms with Gasteiger partial charge in [0, 0.05) is 13.1 Å². The SMILES string of the molecule is CC.CN1CCOC12CCCNC2. The molecule has 3 nitrogen and oxygen atoms in total. The van der Waals surface area contributed by atoms with Crippen LogP contribution < -0.4 is 5.32 Å². The van der Waals surface area contributed by atoms with E-state index in [4.69, 9.17) is 4.74 Å². The molecule has 2 fully saturated rings. The maximum Gasteiger partial charge on any atom is 0.134 e. The second kappa shape index (κ2) is 4.94. The molecular formula is C10H22N2O. The predicted octanol–water partition coefficient (Wildman–Crippen LogP) is 1.05. The largest absolute Gasteiger partial charge is 0.358 e. The van der Waals surface area contributed by atoms with E-state index >= 15 is 0 Å². The topological polar surface area (TPSA) is 24.5 Å². The van der Waals surface area contributed by atoms with Gasteiger partial charge in [-0.3, -0.25) is 4.90 Å². The van der Waals surface area contributed by atoms with E-state index in [2.05, 4.69) is 17.3 Å². The molecule has 1 N–H and O–H groups in total. The summed E-state index contributed by atoms with van der Waals surface area (Å²) in [6.45, 7) is 8.14. The zero-order valence-corrected chi connectivity index (χ0v) is 9.10. The second-order valence-corrected chi connectivity index (χ2v) is 3.50. The summed E-state index contributed by atoms with van der Waals surface area (Å²) >= 11 is 0. The number of ether oxygens (including phenoxy) is 1. The van der Waals surface area contributed by atoms with Gasteiger partial charge in [-0.2, -0.15) is 0 Å². The fourth-order valence-electron chi connectivity index (χ4n) is 2.00. The zero-order valence-electron chi connectivity index (χ0n) is 9.10. The van der Waals surface area contributed by atoms with Crippen molar-refractivity contribution in [1.29, 1.82) is 0 Å². The first-order valence-corrected chi connectivity index (χ1v) is 5.39. The predicted molar refractivity (Wildman–Crippen MR) is 54.8 cm³/mol. The van der Waals surface area contributed by atoms with Crippen molar-refractivity contribution < 1.29 is 4.74 Å². The Morgan fingerprint density at radius 2 is 2.15 bits per heavy atom. The van der Waals surface area contributed by atoms with Crippen LogP contribution >= 0.6 is 0 Å². The summed E-state index contributed by atoms with van der Waals surface area (Å²) in [6, 6.07) is 0. The molecule has 2 aliphatic heterocycles. The number of nitrogens with zero attached hydrogens (tertiary/aromatic N) is 1. The Morgan fingerprint density at radius 3 is 2.62 bits per heavy atom. The maximum atomic E-state index is 5.76. The molecule has 0 bridgehead atoms. The van der Waals surface area contributed by atoms with E-state index < -0.39 is 0 Å². The summed E-state index contributed by atoms with van der Waals surface area (Å²) in [4.78, 5) is 2.33. The number of hydrogen-bond donors (Lipinski definition) is 1. The van der Waals surface area contributed by atoms with Crippen molar-refractivity contribution in [2.24, 2.45) is 0 Å². The number of rotatable bonds is 0. The second-order valence-electron chi connectivity index (χ2n) is 3.50. The highest BCUT2D eigenvalue weighted by Crippen LogP contribution is 2.27. The lowest BCUT2D eigenvalue weighted by atomic mass is 10.0. The van der Waals surface area contributed by atoms with Gasteiger partial charge in [0.1, 0.15) is 5.72 Å². The van der Waals surface area contributed by atoms with Crippen LogP contribution in [0.1, 0.15) is 26.7 Å². The quantitative estimate of drug-likeness (QED) is 0.612. The fourth-order valence-corrected chi connectivity index (χ4v) is 2.00. The van der Waals surface area contributed by atoms with Crippen LogP contribution in [0, 0.1) is 0 Å². The molecule has 13 heavy (non-hydrogen) atoms. The van der Waals surface area contributed by atoms with Crippen LogP contribution in [-0.4, -0.2) is 43.9 Å². The molecule has 0 saturated carbocycles. The first-order chi connectivity index (χ1) is 6.33. The van der Waals surface area contributed by atoms with Crippen LogP contribution in [0.4, 0.5) is 0 Å². The normalized spacial score (nSPS) is 34.4. The first-order valence-electron chi connectivity index (χ1n) is 5.39. The van der Waals surface area contributed by atoms with Crippen molar-refractivity contribution >= 4 is 0 Å². The van der Waals surface area contributed by atoms with E-state index in [9.17, 15) is 0 Å². The third kappa shape index (κ3) is 2.22. The molecule has 0 aromatic heterocycles. The summed E-state index contributed by atoms with van der Waals surface area (Å²) in [5, 5.41) is 3.38. The van der Waals surface area contributed by atoms with Gasteiger partial charge in [-0.25, -0.2) is 0 Å². The van der Waals surface area contributed by atoms with Crippen LogP contribution in [-0.2, 0) is 4.74 Å². The van der Waals surface area contributed by atoms with Gasteiger partial charge in [-0.1, -0.05) is 13.8 Å². The molecule has 78 valence electrons. The van der Waals surface area contributed by atoms with Gasteiger partial charge in [-0.05, 0) is 26.4 Å². The summed E-state index contributed by atoms with van der Waals surface area (Å²) in [5.74, 6) is 0. The van der Waals surface area contributed by atoms with E-state index in [1.807, 2.05) is 13.8 Å². The first kappa shape index (κ1) is 11.0. The van der Waals surface area contributed by atoms with E-state index in [0.29, 0.717) is 0 Å². The molecule has 0 amide bonds. The van der Waals surface area contributed by atoms with Gasteiger partial charge in [0.25, 0.3) is 0 Å². The lowest BCUT2D eigenvalue weighted by Crippen LogP contribution is -2.53. The molecule has 0 aromatic carbocycles. The molecule has 0 aliphatic carbocycles. The summed E-state index contributed by atoms with van der Waals surface area (Å²) in [7, 11) is 2.15. The standard InChI is InChI=1S/C8H16N2O.C2H6/c1-10-5-6-11-8(10)3-2-4-9-7-8;1-2/h9H,2-7H2,1H3;1-2H3. The van der Waals surface area contributed by atoms with Crippen molar-refractivity contribution in [2.75, 3.05) is 33.3 Å². The number of piperidine rings is 1. The Bertz CT molecular complexity index is 144. The van der Waals surface area contributed by atoms with Crippen molar-refractivity contribution in [3.05, 3.63) is 0 Å². The Balaban J connectivity index is 0.000000396. The van der Waals surface area contributed by atoms with E-state index in [1.165, 1.54) is 12.8 Å². The molecule has 2 saturated heterocycles. The van der Waals surface area contributed by atoms with Gasteiger partial charge in [0.15, 0.2) is 0 Å². The van der Waals surface area contributed by atoms with Gasteiger partial charge >= 0.3 is 0 Å².